The predicted octanol–water partition coefficient (Wildman–Crippen LogP) is 3.77. The van der Waals surface area contributed by atoms with Crippen molar-refractivity contribution in [2.24, 2.45) is 11.1 Å². The van der Waals surface area contributed by atoms with Gasteiger partial charge in [0.2, 0.25) is 0 Å². The molecule has 0 saturated heterocycles. The van der Waals surface area contributed by atoms with Gasteiger partial charge in [-0.15, -0.1) is 0 Å². The molecule has 2 N–H and O–H groups in total. The van der Waals surface area contributed by atoms with Gasteiger partial charge in [0.25, 0.3) is 0 Å². The first kappa shape index (κ1) is 14.8. The van der Waals surface area contributed by atoms with Crippen molar-refractivity contribution in [1.82, 2.24) is 4.98 Å². The highest BCUT2D eigenvalue weighted by atomic mass is 16.5. The Hall–Kier alpha value is -1.61. The zero-order chi connectivity index (χ0) is 14.4. The summed E-state index contributed by atoms with van der Waals surface area (Å²) in [5.41, 5.74) is 6.96. The quantitative estimate of drug-likeness (QED) is 0.780. The first-order valence-corrected chi connectivity index (χ1v) is 7.29. The summed E-state index contributed by atoms with van der Waals surface area (Å²) in [6, 6.07) is 10.00. The molecule has 2 aromatic rings. The molecule has 0 aliphatic heterocycles. The molecule has 0 fully saturated rings. The minimum atomic E-state index is 0.239. The number of benzene rings is 1. The second-order valence-electron chi connectivity index (χ2n) is 6.00. The van der Waals surface area contributed by atoms with Crippen LogP contribution in [0.25, 0.3) is 10.9 Å². The summed E-state index contributed by atoms with van der Waals surface area (Å²) in [4.78, 5) is 4.34. The van der Waals surface area contributed by atoms with Gasteiger partial charge in [-0.25, -0.2) is 0 Å². The van der Waals surface area contributed by atoms with Crippen molar-refractivity contribution in [2.75, 3.05) is 13.2 Å². The van der Waals surface area contributed by atoms with E-state index in [2.05, 4.69) is 24.9 Å². The molecule has 0 unspecified atom stereocenters. The van der Waals surface area contributed by atoms with E-state index < -0.39 is 0 Å². The number of aromatic nitrogens is 1. The molecule has 20 heavy (non-hydrogen) atoms. The van der Waals surface area contributed by atoms with Gasteiger partial charge in [-0.05, 0) is 55.5 Å². The average Bonchev–Trinajstić information content (AvgIpc) is 2.47. The van der Waals surface area contributed by atoms with Gasteiger partial charge in [-0.1, -0.05) is 19.9 Å². The molecule has 3 heteroatoms. The van der Waals surface area contributed by atoms with Crippen molar-refractivity contribution >= 4 is 10.9 Å². The van der Waals surface area contributed by atoms with Crippen LogP contribution in [0.5, 0.6) is 5.75 Å². The van der Waals surface area contributed by atoms with Gasteiger partial charge < -0.3 is 10.5 Å². The van der Waals surface area contributed by atoms with Gasteiger partial charge in [-0.3, -0.25) is 4.98 Å². The molecule has 0 radical (unpaired) electrons. The highest BCUT2D eigenvalue weighted by Crippen LogP contribution is 2.25. The topological polar surface area (TPSA) is 48.1 Å². The second kappa shape index (κ2) is 6.71. The number of nitrogens with zero attached hydrogens (tertiary/aromatic N) is 1. The first-order chi connectivity index (χ1) is 9.62. The average molecular weight is 272 g/mol. The van der Waals surface area contributed by atoms with Gasteiger partial charge in [0.05, 0.1) is 12.1 Å². The third-order valence-electron chi connectivity index (χ3n) is 3.66. The van der Waals surface area contributed by atoms with E-state index in [0.717, 1.165) is 49.1 Å². The molecule has 1 heterocycles. The van der Waals surface area contributed by atoms with Crippen LogP contribution >= 0.6 is 0 Å². The van der Waals surface area contributed by atoms with Crippen molar-refractivity contribution < 1.29 is 4.74 Å². The highest BCUT2D eigenvalue weighted by Gasteiger charge is 2.14. The van der Waals surface area contributed by atoms with Crippen LogP contribution in [0.4, 0.5) is 0 Å². The number of hydrogen-bond acceptors (Lipinski definition) is 3. The summed E-state index contributed by atoms with van der Waals surface area (Å²) >= 11 is 0. The van der Waals surface area contributed by atoms with Crippen molar-refractivity contribution in [3.05, 3.63) is 36.5 Å². The lowest BCUT2D eigenvalue weighted by molar-refractivity contribution is 0.281. The van der Waals surface area contributed by atoms with Crippen molar-refractivity contribution in [3.8, 4) is 5.75 Å². The monoisotopic (exact) mass is 272 g/mol. The summed E-state index contributed by atoms with van der Waals surface area (Å²) in [6.07, 6.45) is 5.15. The number of unbranched alkanes of at least 4 members (excludes halogenated alkanes) is 1. The Morgan fingerprint density at radius 3 is 2.80 bits per heavy atom. The van der Waals surface area contributed by atoms with E-state index in [9.17, 15) is 0 Å². The Labute approximate surface area is 121 Å². The smallest absolute Gasteiger partial charge is 0.128 e. The maximum atomic E-state index is 5.90. The first-order valence-electron chi connectivity index (χ1n) is 7.29. The lowest BCUT2D eigenvalue weighted by Gasteiger charge is -2.21. The molecular weight excluding hydrogens is 248 g/mol. The zero-order valence-electron chi connectivity index (χ0n) is 12.4. The van der Waals surface area contributed by atoms with Gasteiger partial charge in [-0.2, -0.15) is 0 Å². The maximum absolute atomic E-state index is 5.90. The Morgan fingerprint density at radius 1 is 1.15 bits per heavy atom. The van der Waals surface area contributed by atoms with Crippen molar-refractivity contribution in [2.45, 2.75) is 33.1 Å². The van der Waals surface area contributed by atoms with Crippen LogP contribution in [0.15, 0.2) is 36.5 Å². The fourth-order valence-corrected chi connectivity index (χ4v) is 2.19. The third-order valence-corrected chi connectivity index (χ3v) is 3.66. The Kier molecular flexibility index (Phi) is 4.96. The number of rotatable bonds is 7. The minimum Gasteiger partial charge on any atom is -0.493 e. The third kappa shape index (κ3) is 3.94. The lowest BCUT2D eigenvalue weighted by atomic mass is 9.87. The number of fused-ring (bicyclic) bond motifs is 1. The minimum absolute atomic E-state index is 0.239. The standard InChI is InChI=1S/C17H24N2O/c1-17(2,13-18)10-3-4-12-20-16-9-5-8-15-14(16)7-6-11-19-15/h5-9,11H,3-4,10,12-13,18H2,1-2H3. The molecule has 0 bridgehead atoms. The molecule has 2 rings (SSSR count). The van der Waals surface area contributed by atoms with Crippen molar-refractivity contribution in [3.63, 3.8) is 0 Å². The second-order valence-corrected chi connectivity index (χ2v) is 6.00. The zero-order valence-corrected chi connectivity index (χ0v) is 12.4. The van der Waals surface area contributed by atoms with Crippen LogP contribution in [0.2, 0.25) is 0 Å². The molecular formula is C17H24N2O. The predicted molar refractivity (Wildman–Crippen MR) is 83.9 cm³/mol. The number of pyridine rings is 1. The molecule has 0 saturated carbocycles. The van der Waals surface area contributed by atoms with Gasteiger partial charge >= 0.3 is 0 Å². The highest BCUT2D eigenvalue weighted by molar-refractivity contribution is 5.84. The van der Waals surface area contributed by atoms with Crippen LogP contribution in [0.1, 0.15) is 33.1 Å². The molecule has 1 aromatic carbocycles. The molecule has 0 aliphatic rings. The van der Waals surface area contributed by atoms with Gasteiger partial charge in [0.1, 0.15) is 5.75 Å². The lowest BCUT2D eigenvalue weighted by Crippen LogP contribution is -2.23. The van der Waals surface area contributed by atoms with E-state index in [1.165, 1.54) is 0 Å². The van der Waals surface area contributed by atoms with E-state index in [1.54, 1.807) is 6.20 Å². The molecule has 0 amide bonds. The largest absolute Gasteiger partial charge is 0.493 e. The molecule has 1 aromatic heterocycles. The van der Waals surface area contributed by atoms with E-state index in [1.807, 2.05) is 24.3 Å². The van der Waals surface area contributed by atoms with Gasteiger partial charge in [0.15, 0.2) is 0 Å². The number of ether oxygens (including phenoxy) is 1. The van der Waals surface area contributed by atoms with E-state index in [4.69, 9.17) is 10.5 Å². The fraction of sp³-hybridized carbons (Fsp3) is 0.471. The van der Waals surface area contributed by atoms with Gasteiger partial charge in [0, 0.05) is 11.6 Å². The van der Waals surface area contributed by atoms with Crippen LogP contribution in [-0.2, 0) is 0 Å². The van der Waals surface area contributed by atoms with E-state index in [0.29, 0.717) is 0 Å². The Balaban J connectivity index is 1.85. The number of nitrogens with two attached hydrogens (primary N) is 1. The molecule has 0 atom stereocenters. The summed E-state index contributed by atoms with van der Waals surface area (Å²) in [6.45, 7) is 5.91. The van der Waals surface area contributed by atoms with Crippen LogP contribution in [0, 0.1) is 5.41 Å². The Morgan fingerprint density at radius 2 is 2.00 bits per heavy atom. The SMILES string of the molecule is CC(C)(CN)CCCCOc1cccc2ncccc12. The summed E-state index contributed by atoms with van der Waals surface area (Å²) in [5, 5.41) is 1.08. The molecule has 0 aliphatic carbocycles. The van der Waals surface area contributed by atoms with E-state index in [-0.39, 0.29) is 5.41 Å². The normalized spacial score (nSPS) is 11.8. The summed E-state index contributed by atoms with van der Waals surface area (Å²) in [5.74, 6) is 0.925. The summed E-state index contributed by atoms with van der Waals surface area (Å²) < 4.78 is 5.90. The maximum Gasteiger partial charge on any atom is 0.128 e. The number of hydrogen-bond donors (Lipinski definition) is 1. The van der Waals surface area contributed by atoms with Crippen LogP contribution < -0.4 is 10.5 Å². The van der Waals surface area contributed by atoms with Crippen LogP contribution in [0.3, 0.4) is 0 Å². The Bertz CT molecular complexity index is 546. The fourth-order valence-electron chi connectivity index (χ4n) is 2.19. The molecule has 0 spiro atoms. The molecule has 3 nitrogen and oxygen atoms in total. The summed E-state index contributed by atoms with van der Waals surface area (Å²) in [7, 11) is 0. The molecule has 108 valence electrons. The van der Waals surface area contributed by atoms with Crippen LogP contribution in [-0.4, -0.2) is 18.1 Å². The van der Waals surface area contributed by atoms with Crippen molar-refractivity contribution in [1.29, 1.82) is 0 Å². The van der Waals surface area contributed by atoms with E-state index >= 15 is 0 Å².